The first-order valence-corrected chi connectivity index (χ1v) is 6.26. The molecule has 0 amide bonds. The molecule has 1 atom stereocenters. The van der Waals surface area contributed by atoms with Gasteiger partial charge in [0.2, 0.25) is 0 Å². The van der Waals surface area contributed by atoms with Crippen molar-refractivity contribution in [1.29, 1.82) is 0 Å². The Morgan fingerprint density at radius 1 is 1.32 bits per heavy atom. The van der Waals surface area contributed by atoms with Crippen LogP contribution in [0.25, 0.3) is 0 Å². The fraction of sp³-hybridized carbons (Fsp3) is 0.400. The Kier molecular flexibility index (Phi) is 4.10. The Morgan fingerprint density at radius 2 is 2.11 bits per heavy atom. The third-order valence-electron chi connectivity index (χ3n) is 3.27. The monoisotopic (exact) mass is 262 g/mol. The minimum atomic E-state index is -0.391. The number of benzene rings is 1. The van der Waals surface area contributed by atoms with Crippen LogP contribution < -0.4 is 9.47 Å². The predicted octanol–water partition coefficient (Wildman–Crippen LogP) is 2.97. The molecular weight excluding hydrogens is 244 g/mol. The highest BCUT2D eigenvalue weighted by Gasteiger charge is 2.22. The summed E-state index contributed by atoms with van der Waals surface area (Å²) in [5.41, 5.74) is 1.53. The van der Waals surface area contributed by atoms with Gasteiger partial charge in [0.05, 0.1) is 19.8 Å². The Balaban J connectivity index is 2.25. The maximum Gasteiger partial charge on any atom is 0.337 e. The van der Waals surface area contributed by atoms with Gasteiger partial charge in [-0.3, -0.25) is 0 Å². The summed E-state index contributed by atoms with van der Waals surface area (Å²) in [4.78, 5) is 11.5. The Hall–Kier alpha value is -1.97. The van der Waals surface area contributed by atoms with Crippen molar-refractivity contribution in [2.45, 2.75) is 25.4 Å². The maximum absolute atomic E-state index is 11.5. The molecule has 0 saturated heterocycles. The lowest BCUT2D eigenvalue weighted by molar-refractivity contribution is 0.0600. The molecule has 0 bridgehead atoms. The molecule has 1 aromatic carbocycles. The molecule has 0 heterocycles. The van der Waals surface area contributed by atoms with Crippen LogP contribution in [-0.2, 0) is 4.74 Å². The van der Waals surface area contributed by atoms with E-state index in [1.54, 1.807) is 25.3 Å². The molecule has 19 heavy (non-hydrogen) atoms. The molecule has 0 radical (unpaired) electrons. The van der Waals surface area contributed by atoms with Gasteiger partial charge in [-0.25, -0.2) is 4.79 Å². The minimum absolute atomic E-state index is 0.00166. The highest BCUT2D eigenvalue weighted by molar-refractivity contribution is 5.90. The molecular formula is C15H18O4. The van der Waals surface area contributed by atoms with Crippen molar-refractivity contribution in [2.75, 3.05) is 14.2 Å². The number of ether oxygens (including phenoxy) is 3. The van der Waals surface area contributed by atoms with Gasteiger partial charge in [-0.1, -0.05) is 6.58 Å². The van der Waals surface area contributed by atoms with Crippen LogP contribution in [-0.4, -0.2) is 26.3 Å². The Morgan fingerprint density at radius 3 is 2.68 bits per heavy atom. The second kappa shape index (κ2) is 5.78. The van der Waals surface area contributed by atoms with Crippen LogP contribution in [0.4, 0.5) is 0 Å². The molecule has 1 unspecified atom stereocenters. The topological polar surface area (TPSA) is 44.8 Å². The molecule has 4 nitrogen and oxygen atoms in total. The van der Waals surface area contributed by atoms with Gasteiger partial charge in [0.1, 0.15) is 6.10 Å². The van der Waals surface area contributed by atoms with Crippen molar-refractivity contribution in [3.05, 3.63) is 35.9 Å². The van der Waals surface area contributed by atoms with Crippen molar-refractivity contribution in [3.8, 4) is 11.5 Å². The first kappa shape index (κ1) is 13.5. The summed E-state index contributed by atoms with van der Waals surface area (Å²) in [6.45, 7) is 4.00. The van der Waals surface area contributed by atoms with E-state index in [1.807, 2.05) is 0 Å². The highest BCUT2D eigenvalue weighted by Crippen LogP contribution is 2.34. The highest BCUT2D eigenvalue weighted by atomic mass is 16.5. The van der Waals surface area contributed by atoms with Gasteiger partial charge in [0.25, 0.3) is 0 Å². The molecule has 0 N–H and O–H groups in total. The van der Waals surface area contributed by atoms with Gasteiger partial charge in [0.15, 0.2) is 11.5 Å². The SMILES string of the molecule is C=C1CCCC1Oc1cc(C(=O)OC)ccc1OC. The van der Waals surface area contributed by atoms with Crippen molar-refractivity contribution in [2.24, 2.45) is 0 Å². The van der Waals surface area contributed by atoms with E-state index in [9.17, 15) is 4.79 Å². The molecule has 0 aromatic heterocycles. The molecule has 4 heteroatoms. The smallest absolute Gasteiger partial charge is 0.337 e. The van der Waals surface area contributed by atoms with Crippen LogP contribution in [0.3, 0.4) is 0 Å². The first-order valence-electron chi connectivity index (χ1n) is 6.26. The third kappa shape index (κ3) is 2.89. The van der Waals surface area contributed by atoms with E-state index in [1.165, 1.54) is 7.11 Å². The largest absolute Gasteiger partial charge is 0.493 e. The molecule has 1 saturated carbocycles. The molecule has 0 aliphatic heterocycles. The fourth-order valence-corrected chi connectivity index (χ4v) is 2.19. The lowest BCUT2D eigenvalue weighted by atomic mass is 10.2. The summed E-state index contributed by atoms with van der Waals surface area (Å²) >= 11 is 0. The number of esters is 1. The van der Waals surface area contributed by atoms with Crippen LogP contribution >= 0.6 is 0 Å². The molecule has 1 aliphatic rings. The van der Waals surface area contributed by atoms with Crippen LogP contribution in [0.1, 0.15) is 29.6 Å². The van der Waals surface area contributed by atoms with Gasteiger partial charge in [-0.15, -0.1) is 0 Å². The lowest BCUT2D eigenvalue weighted by Gasteiger charge is -2.17. The van der Waals surface area contributed by atoms with E-state index in [4.69, 9.17) is 14.2 Å². The second-order valence-corrected chi connectivity index (χ2v) is 4.51. The van der Waals surface area contributed by atoms with E-state index >= 15 is 0 Å². The normalized spacial score (nSPS) is 18.2. The molecule has 102 valence electrons. The summed E-state index contributed by atoms with van der Waals surface area (Å²) in [7, 11) is 2.93. The molecule has 2 rings (SSSR count). The summed E-state index contributed by atoms with van der Waals surface area (Å²) in [5, 5.41) is 0. The lowest BCUT2D eigenvalue weighted by Crippen LogP contribution is -2.14. The number of rotatable bonds is 4. The number of carbonyl (C=O) groups is 1. The molecule has 1 aliphatic carbocycles. The van der Waals surface area contributed by atoms with Crippen LogP contribution in [0, 0.1) is 0 Å². The van der Waals surface area contributed by atoms with Gasteiger partial charge in [0, 0.05) is 0 Å². The summed E-state index contributed by atoms with van der Waals surface area (Å²) in [5.74, 6) is 0.767. The van der Waals surface area contributed by atoms with Crippen LogP contribution in [0.15, 0.2) is 30.4 Å². The molecule has 1 fully saturated rings. The van der Waals surface area contributed by atoms with Crippen LogP contribution in [0.2, 0.25) is 0 Å². The van der Waals surface area contributed by atoms with Crippen molar-refractivity contribution in [3.63, 3.8) is 0 Å². The van der Waals surface area contributed by atoms with Crippen molar-refractivity contribution < 1.29 is 19.0 Å². The average Bonchev–Trinajstić information content (AvgIpc) is 2.83. The zero-order valence-electron chi connectivity index (χ0n) is 11.3. The fourth-order valence-electron chi connectivity index (χ4n) is 2.19. The standard InChI is InChI=1S/C15H18O4/c1-10-5-4-6-12(10)19-14-9-11(15(16)18-3)7-8-13(14)17-2/h7-9,12H,1,4-6H2,2-3H3. The maximum atomic E-state index is 11.5. The minimum Gasteiger partial charge on any atom is -0.493 e. The van der Waals surface area contributed by atoms with E-state index in [2.05, 4.69) is 6.58 Å². The van der Waals surface area contributed by atoms with E-state index < -0.39 is 5.97 Å². The van der Waals surface area contributed by atoms with Crippen molar-refractivity contribution >= 4 is 5.97 Å². The van der Waals surface area contributed by atoms with Crippen molar-refractivity contribution in [1.82, 2.24) is 0 Å². The zero-order chi connectivity index (χ0) is 13.8. The van der Waals surface area contributed by atoms with E-state index in [0.717, 1.165) is 24.8 Å². The van der Waals surface area contributed by atoms with Gasteiger partial charge in [-0.2, -0.15) is 0 Å². The molecule has 1 aromatic rings. The number of carbonyl (C=O) groups excluding carboxylic acids is 1. The number of hydrogen-bond acceptors (Lipinski definition) is 4. The quantitative estimate of drug-likeness (QED) is 0.618. The van der Waals surface area contributed by atoms with E-state index in [-0.39, 0.29) is 6.10 Å². The van der Waals surface area contributed by atoms with Gasteiger partial charge in [-0.05, 0) is 43.0 Å². The Labute approximate surface area is 113 Å². The summed E-state index contributed by atoms with van der Waals surface area (Å²) in [6, 6.07) is 5.01. The van der Waals surface area contributed by atoms with Gasteiger partial charge < -0.3 is 14.2 Å². The summed E-state index contributed by atoms with van der Waals surface area (Å²) in [6.07, 6.45) is 3.03. The third-order valence-corrected chi connectivity index (χ3v) is 3.27. The second-order valence-electron chi connectivity index (χ2n) is 4.51. The van der Waals surface area contributed by atoms with Crippen LogP contribution in [0.5, 0.6) is 11.5 Å². The number of hydrogen-bond donors (Lipinski definition) is 0. The van der Waals surface area contributed by atoms with E-state index in [0.29, 0.717) is 17.1 Å². The van der Waals surface area contributed by atoms with Gasteiger partial charge >= 0.3 is 5.97 Å². The average molecular weight is 262 g/mol. The number of methoxy groups -OCH3 is 2. The molecule has 0 spiro atoms. The first-order chi connectivity index (χ1) is 9.15. The Bertz CT molecular complexity index is 493. The summed E-state index contributed by atoms with van der Waals surface area (Å²) < 4.78 is 15.9. The zero-order valence-corrected chi connectivity index (χ0v) is 11.3. The predicted molar refractivity (Wildman–Crippen MR) is 71.7 cm³/mol.